The molecule has 0 saturated carbocycles. The Bertz CT molecular complexity index is 412. The zero-order valence-electron chi connectivity index (χ0n) is 16.8. The predicted octanol–water partition coefficient (Wildman–Crippen LogP) is 1.71. The van der Waals surface area contributed by atoms with E-state index in [1.807, 2.05) is 7.05 Å². The van der Waals surface area contributed by atoms with Crippen molar-refractivity contribution in [2.75, 3.05) is 67.6 Å². The number of rotatable bonds is 6. The van der Waals surface area contributed by atoms with Gasteiger partial charge in [0.1, 0.15) is 0 Å². The van der Waals surface area contributed by atoms with Crippen molar-refractivity contribution in [2.24, 2.45) is 4.99 Å². The Morgan fingerprint density at radius 1 is 1.28 bits per heavy atom. The van der Waals surface area contributed by atoms with Crippen LogP contribution in [0.15, 0.2) is 4.99 Å². The average Bonchev–Trinajstić information content (AvgIpc) is 3.03. The topological polar surface area (TPSA) is 43.3 Å². The van der Waals surface area contributed by atoms with Gasteiger partial charge in [0.05, 0.1) is 0 Å². The zero-order valence-corrected chi connectivity index (χ0v) is 19.1. The van der Waals surface area contributed by atoms with E-state index < -0.39 is 0 Å². The van der Waals surface area contributed by atoms with Crippen molar-refractivity contribution < 1.29 is 4.74 Å². The lowest BCUT2D eigenvalue weighted by molar-refractivity contribution is -0.00523. The Morgan fingerprint density at radius 3 is 2.52 bits per heavy atom. The van der Waals surface area contributed by atoms with E-state index in [0.29, 0.717) is 6.04 Å². The molecule has 7 heteroatoms. The van der Waals surface area contributed by atoms with Gasteiger partial charge < -0.3 is 19.9 Å². The molecular formula is C18H38IN5O. The molecule has 0 aromatic heterocycles. The summed E-state index contributed by atoms with van der Waals surface area (Å²) in [6, 6.07) is 0.657. The SMILES string of the molecule is CCN1CCCC1CN(C)C(=NC)NCC1(N(C)C)CCOCC1.I. The van der Waals surface area contributed by atoms with Crippen molar-refractivity contribution in [2.45, 2.75) is 44.2 Å². The third-order valence-electron chi connectivity index (χ3n) is 5.91. The number of hydrogen-bond donors (Lipinski definition) is 1. The van der Waals surface area contributed by atoms with E-state index in [-0.39, 0.29) is 29.5 Å². The van der Waals surface area contributed by atoms with Crippen molar-refractivity contribution in [3.8, 4) is 0 Å². The van der Waals surface area contributed by atoms with E-state index in [9.17, 15) is 0 Å². The lowest BCUT2D eigenvalue weighted by Gasteiger charge is -2.43. The number of guanidine groups is 1. The van der Waals surface area contributed by atoms with Gasteiger partial charge in [-0.15, -0.1) is 24.0 Å². The molecule has 2 rings (SSSR count). The lowest BCUT2D eigenvalue weighted by Crippen LogP contribution is -2.57. The zero-order chi connectivity index (χ0) is 17.6. The molecule has 1 atom stereocenters. The lowest BCUT2D eigenvalue weighted by atomic mass is 9.88. The van der Waals surface area contributed by atoms with E-state index >= 15 is 0 Å². The van der Waals surface area contributed by atoms with E-state index in [2.05, 4.69) is 53.1 Å². The van der Waals surface area contributed by atoms with Gasteiger partial charge in [-0.2, -0.15) is 0 Å². The van der Waals surface area contributed by atoms with Gasteiger partial charge >= 0.3 is 0 Å². The third-order valence-corrected chi connectivity index (χ3v) is 5.91. The maximum absolute atomic E-state index is 5.57. The molecule has 0 aliphatic carbocycles. The highest BCUT2D eigenvalue weighted by Crippen LogP contribution is 2.25. The molecule has 2 saturated heterocycles. The molecular weight excluding hydrogens is 429 g/mol. The van der Waals surface area contributed by atoms with Crippen LogP contribution in [0.4, 0.5) is 0 Å². The highest BCUT2D eigenvalue weighted by Gasteiger charge is 2.35. The molecule has 0 radical (unpaired) electrons. The van der Waals surface area contributed by atoms with E-state index in [1.165, 1.54) is 19.4 Å². The molecule has 148 valence electrons. The fraction of sp³-hybridized carbons (Fsp3) is 0.944. The minimum Gasteiger partial charge on any atom is -0.381 e. The second-order valence-electron chi connectivity index (χ2n) is 7.44. The normalized spacial score (nSPS) is 24.2. The van der Waals surface area contributed by atoms with Gasteiger partial charge in [0.25, 0.3) is 0 Å². The number of likely N-dealkylation sites (tertiary alicyclic amines) is 1. The molecule has 2 fully saturated rings. The van der Waals surface area contributed by atoms with Crippen molar-refractivity contribution in [3.05, 3.63) is 0 Å². The van der Waals surface area contributed by atoms with Crippen LogP contribution in [0.25, 0.3) is 0 Å². The molecule has 0 spiro atoms. The van der Waals surface area contributed by atoms with Crippen molar-refractivity contribution >= 4 is 29.9 Å². The number of ether oxygens (including phenoxy) is 1. The second kappa shape index (κ2) is 10.9. The summed E-state index contributed by atoms with van der Waals surface area (Å²) in [5.41, 5.74) is 0.165. The van der Waals surface area contributed by atoms with Crippen LogP contribution in [-0.2, 0) is 4.74 Å². The largest absolute Gasteiger partial charge is 0.381 e. The summed E-state index contributed by atoms with van der Waals surface area (Å²) in [4.78, 5) is 11.8. The molecule has 2 aliphatic heterocycles. The Hall–Kier alpha value is -0.120. The highest BCUT2D eigenvalue weighted by molar-refractivity contribution is 14.0. The predicted molar refractivity (Wildman–Crippen MR) is 116 cm³/mol. The fourth-order valence-electron chi connectivity index (χ4n) is 4.08. The number of likely N-dealkylation sites (N-methyl/N-ethyl adjacent to an activating group) is 3. The van der Waals surface area contributed by atoms with Crippen LogP contribution in [0, 0.1) is 0 Å². The number of hydrogen-bond acceptors (Lipinski definition) is 4. The quantitative estimate of drug-likeness (QED) is 0.366. The Morgan fingerprint density at radius 2 is 1.96 bits per heavy atom. The first kappa shape index (κ1) is 22.9. The van der Waals surface area contributed by atoms with Crippen LogP contribution >= 0.6 is 24.0 Å². The maximum atomic E-state index is 5.57. The molecule has 0 bridgehead atoms. The molecule has 1 unspecified atom stereocenters. The van der Waals surface area contributed by atoms with Gasteiger partial charge in [-0.25, -0.2) is 0 Å². The fourth-order valence-corrected chi connectivity index (χ4v) is 4.08. The maximum Gasteiger partial charge on any atom is 0.193 e. The number of halogens is 1. The minimum absolute atomic E-state index is 0. The smallest absolute Gasteiger partial charge is 0.193 e. The average molecular weight is 467 g/mol. The highest BCUT2D eigenvalue weighted by atomic mass is 127. The van der Waals surface area contributed by atoms with Gasteiger partial charge in [0, 0.05) is 52.0 Å². The molecule has 2 heterocycles. The number of aliphatic imine (C=N–C) groups is 1. The Kier molecular flexibility index (Phi) is 9.98. The molecule has 1 N–H and O–H groups in total. The standard InChI is InChI=1S/C18H37N5O.HI/c1-6-23-11-7-8-16(23)14-22(5)17(19-2)20-15-18(21(3)4)9-12-24-13-10-18;/h16H,6-15H2,1-5H3,(H,19,20);1H. The van der Waals surface area contributed by atoms with Crippen LogP contribution in [0.2, 0.25) is 0 Å². The van der Waals surface area contributed by atoms with Gasteiger partial charge in [-0.1, -0.05) is 6.92 Å². The summed E-state index contributed by atoms with van der Waals surface area (Å²) in [6.45, 7) is 8.31. The van der Waals surface area contributed by atoms with E-state index in [4.69, 9.17) is 4.74 Å². The summed E-state index contributed by atoms with van der Waals surface area (Å²) in [6.07, 6.45) is 4.76. The third kappa shape index (κ3) is 5.94. The van der Waals surface area contributed by atoms with Crippen LogP contribution in [0.1, 0.15) is 32.6 Å². The monoisotopic (exact) mass is 467 g/mol. The summed E-state index contributed by atoms with van der Waals surface area (Å²) < 4.78 is 5.57. The van der Waals surface area contributed by atoms with E-state index in [1.54, 1.807) is 0 Å². The van der Waals surface area contributed by atoms with Crippen LogP contribution in [0.5, 0.6) is 0 Å². The van der Waals surface area contributed by atoms with E-state index in [0.717, 1.165) is 51.6 Å². The van der Waals surface area contributed by atoms with Crippen LogP contribution < -0.4 is 5.32 Å². The van der Waals surface area contributed by atoms with Gasteiger partial charge in [0.2, 0.25) is 0 Å². The first-order valence-corrected chi connectivity index (χ1v) is 9.43. The van der Waals surface area contributed by atoms with Crippen LogP contribution in [0.3, 0.4) is 0 Å². The summed E-state index contributed by atoms with van der Waals surface area (Å²) in [5, 5.41) is 3.63. The minimum atomic E-state index is 0. The first-order valence-electron chi connectivity index (χ1n) is 9.43. The molecule has 6 nitrogen and oxygen atoms in total. The second-order valence-corrected chi connectivity index (χ2v) is 7.44. The summed E-state index contributed by atoms with van der Waals surface area (Å²) >= 11 is 0. The van der Waals surface area contributed by atoms with Gasteiger partial charge in [-0.05, 0) is 52.9 Å². The molecule has 0 aromatic rings. The van der Waals surface area contributed by atoms with Gasteiger partial charge in [-0.3, -0.25) is 9.89 Å². The number of nitrogens with one attached hydrogen (secondary N) is 1. The summed E-state index contributed by atoms with van der Waals surface area (Å²) in [7, 11) is 8.40. The molecule has 0 aromatic carbocycles. The Labute approximate surface area is 171 Å². The van der Waals surface area contributed by atoms with Crippen molar-refractivity contribution in [1.82, 2.24) is 20.0 Å². The number of nitrogens with zero attached hydrogens (tertiary/aromatic N) is 4. The van der Waals surface area contributed by atoms with Crippen LogP contribution in [-0.4, -0.2) is 99.8 Å². The molecule has 2 aliphatic rings. The first-order chi connectivity index (χ1) is 11.5. The van der Waals surface area contributed by atoms with Crippen molar-refractivity contribution in [3.63, 3.8) is 0 Å². The Balaban J connectivity index is 0.00000312. The summed E-state index contributed by atoms with van der Waals surface area (Å²) in [5.74, 6) is 1.01. The molecule has 25 heavy (non-hydrogen) atoms. The van der Waals surface area contributed by atoms with Gasteiger partial charge in [0.15, 0.2) is 5.96 Å². The molecule has 0 amide bonds. The van der Waals surface area contributed by atoms with Crippen molar-refractivity contribution in [1.29, 1.82) is 0 Å².